The van der Waals surface area contributed by atoms with E-state index in [9.17, 15) is 4.79 Å². The van der Waals surface area contributed by atoms with Gasteiger partial charge in [0.15, 0.2) is 5.78 Å². The van der Waals surface area contributed by atoms with Crippen molar-refractivity contribution < 1.29 is 14.6 Å². The highest BCUT2D eigenvalue weighted by atomic mass is 32.1. The van der Waals surface area contributed by atoms with Gasteiger partial charge in [-0.25, -0.2) is 0 Å². The van der Waals surface area contributed by atoms with Gasteiger partial charge < -0.3 is 9.84 Å². The molecule has 0 saturated carbocycles. The molecule has 1 N–H and O–H groups in total. The van der Waals surface area contributed by atoms with E-state index in [1.165, 1.54) is 0 Å². The van der Waals surface area contributed by atoms with Gasteiger partial charge >= 0.3 is 0 Å². The van der Waals surface area contributed by atoms with E-state index in [-0.39, 0.29) is 31.4 Å². The fourth-order valence-corrected chi connectivity index (χ4v) is 0.387. The first-order valence-electron chi connectivity index (χ1n) is 2.62. The minimum absolute atomic E-state index is 0.0418. The molecule has 0 rings (SSSR count). The van der Waals surface area contributed by atoms with Crippen molar-refractivity contribution >= 4 is 18.4 Å². The van der Waals surface area contributed by atoms with Crippen LogP contribution < -0.4 is 0 Å². The number of rotatable bonds is 5. The summed E-state index contributed by atoms with van der Waals surface area (Å²) >= 11 is 3.73. The van der Waals surface area contributed by atoms with Crippen LogP contribution in [0.1, 0.15) is 0 Å². The summed E-state index contributed by atoms with van der Waals surface area (Å²) in [6.45, 7) is 0.240. The Hall–Kier alpha value is -0.0600. The summed E-state index contributed by atoms with van der Waals surface area (Å²) < 4.78 is 4.69. The van der Waals surface area contributed by atoms with E-state index in [1.54, 1.807) is 0 Å². The van der Waals surface area contributed by atoms with E-state index in [0.29, 0.717) is 0 Å². The highest BCUT2D eigenvalue weighted by Crippen LogP contribution is 1.79. The summed E-state index contributed by atoms with van der Waals surface area (Å²) in [5.41, 5.74) is 0. The van der Waals surface area contributed by atoms with Crippen LogP contribution in [-0.4, -0.2) is 36.5 Å². The molecule has 0 unspecified atom stereocenters. The van der Waals surface area contributed by atoms with Crippen molar-refractivity contribution in [3.05, 3.63) is 0 Å². The normalized spacial score (nSPS) is 9.56. The van der Waals surface area contributed by atoms with E-state index < -0.39 is 0 Å². The highest BCUT2D eigenvalue weighted by Gasteiger charge is 1.95. The zero-order valence-corrected chi connectivity index (χ0v) is 5.93. The number of ketones is 1. The summed E-state index contributed by atoms with van der Waals surface area (Å²) in [4.78, 5) is 10.4. The Kier molecular flexibility index (Phi) is 6.03. The summed E-state index contributed by atoms with van der Waals surface area (Å²) in [5.74, 6) is 0.137. The second-order valence-electron chi connectivity index (χ2n) is 1.47. The number of carbonyl (C=O) groups is 1. The topological polar surface area (TPSA) is 46.5 Å². The van der Waals surface area contributed by atoms with Crippen LogP contribution in [0.2, 0.25) is 0 Å². The lowest BCUT2D eigenvalue weighted by molar-refractivity contribution is -0.121. The van der Waals surface area contributed by atoms with Crippen LogP contribution in [0.4, 0.5) is 0 Å². The van der Waals surface area contributed by atoms with Gasteiger partial charge in [-0.1, -0.05) is 0 Å². The number of hydrogen-bond donors (Lipinski definition) is 2. The Morgan fingerprint density at radius 3 is 2.78 bits per heavy atom. The predicted octanol–water partition coefficient (Wildman–Crippen LogP) is -0.506. The number of hydrogen-bond acceptors (Lipinski definition) is 4. The van der Waals surface area contributed by atoms with Crippen molar-refractivity contribution in [3.63, 3.8) is 0 Å². The molecule has 0 heterocycles. The lowest BCUT2D eigenvalue weighted by Gasteiger charge is -1.96. The van der Waals surface area contributed by atoms with E-state index in [2.05, 4.69) is 17.4 Å². The highest BCUT2D eigenvalue weighted by molar-refractivity contribution is 7.81. The molecule has 0 saturated heterocycles. The first-order valence-corrected chi connectivity index (χ1v) is 3.25. The summed E-state index contributed by atoms with van der Waals surface area (Å²) in [6.07, 6.45) is 0. The fourth-order valence-electron chi connectivity index (χ4n) is 0.296. The maximum atomic E-state index is 10.4. The van der Waals surface area contributed by atoms with Gasteiger partial charge in [0.1, 0.15) is 6.61 Å². The molecule has 54 valence electrons. The molecule has 0 aromatic heterocycles. The lowest BCUT2D eigenvalue weighted by atomic mass is 10.5. The van der Waals surface area contributed by atoms with Gasteiger partial charge in [-0.3, -0.25) is 4.79 Å². The molecule has 4 heteroatoms. The third-order valence-corrected chi connectivity index (χ3v) is 1.03. The Morgan fingerprint density at radius 2 is 2.33 bits per heavy atom. The summed E-state index contributed by atoms with van der Waals surface area (Å²) in [7, 11) is 0. The molecule has 0 amide bonds. The third-order valence-electron chi connectivity index (χ3n) is 0.675. The van der Waals surface area contributed by atoms with Gasteiger partial charge in [0.05, 0.1) is 19.0 Å². The van der Waals surface area contributed by atoms with E-state index in [1.807, 2.05) is 0 Å². The molecular weight excluding hydrogens is 140 g/mol. The van der Waals surface area contributed by atoms with Gasteiger partial charge in [-0.15, -0.1) is 0 Å². The molecule has 0 aliphatic carbocycles. The predicted molar refractivity (Wildman–Crippen MR) is 36.8 cm³/mol. The lowest BCUT2D eigenvalue weighted by Crippen LogP contribution is -2.11. The molecule has 0 aromatic rings. The van der Waals surface area contributed by atoms with Crippen LogP contribution in [0.5, 0.6) is 0 Å². The first-order chi connectivity index (χ1) is 4.31. The number of carbonyl (C=O) groups excluding carboxylic acids is 1. The van der Waals surface area contributed by atoms with Crippen molar-refractivity contribution in [2.45, 2.75) is 0 Å². The van der Waals surface area contributed by atoms with Crippen molar-refractivity contribution in [3.8, 4) is 0 Å². The first kappa shape index (κ1) is 8.94. The van der Waals surface area contributed by atoms with Gasteiger partial charge in [0, 0.05) is 0 Å². The Morgan fingerprint density at radius 1 is 1.67 bits per heavy atom. The average molecular weight is 150 g/mol. The van der Waals surface area contributed by atoms with Crippen LogP contribution in [-0.2, 0) is 9.53 Å². The molecule has 0 atom stereocenters. The second kappa shape index (κ2) is 6.07. The van der Waals surface area contributed by atoms with Gasteiger partial charge in [-0.05, 0) is 0 Å². The smallest absolute Gasteiger partial charge is 0.168 e. The molecule has 0 spiro atoms. The maximum absolute atomic E-state index is 10.4. The largest absolute Gasteiger partial charge is 0.394 e. The zero-order chi connectivity index (χ0) is 7.11. The van der Waals surface area contributed by atoms with Crippen LogP contribution in [0.25, 0.3) is 0 Å². The minimum Gasteiger partial charge on any atom is -0.394 e. The standard InChI is InChI=1S/C5H10O3S/c6-1-2-8-3-5(7)4-9/h6,9H,1-4H2. The van der Waals surface area contributed by atoms with Crippen molar-refractivity contribution in [1.29, 1.82) is 0 Å². The quantitative estimate of drug-likeness (QED) is 0.410. The van der Waals surface area contributed by atoms with Crippen molar-refractivity contribution in [1.82, 2.24) is 0 Å². The van der Waals surface area contributed by atoms with E-state index in [4.69, 9.17) is 5.11 Å². The Bertz CT molecular complexity index is 84.3. The van der Waals surface area contributed by atoms with E-state index >= 15 is 0 Å². The van der Waals surface area contributed by atoms with E-state index in [0.717, 1.165) is 0 Å². The monoisotopic (exact) mass is 150 g/mol. The van der Waals surface area contributed by atoms with Crippen LogP contribution in [0.3, 0.4) is 0 Å². The molecule has 0 aliphatic rings. The van der Waals surface area contributed by atoms with Crippen molar-refractivity contribution in [2.75, 3.05) is 25.6 Å². The Labute approximate surface area is 59.4 Å². The Balaban J connectivity index is 2.97. The summed E-state index contributed by atoms with van der Waals surface area (Å²) in [6, 6.07) is 0. The number of ether oxygens (including phenoxy) is 1. The van der Waals surface area contributed by atoms with Crippen LogP contribution in [0.15, 0.2) is 0 Å². The number of aliphatic hydroxyl groups excluding tert-OH is 1. The maximum Gasteiger partial charge on any atom is 0.168 e. The molecule has 9 heavy (non-hydrogen) atoms. The summed E-state index contributed by atoms with van der Waals surface area (Å²) in [5, 5.41) is 8.20. The molecule has 3 nitrogen and oxygen atoms in total. The van der Waals surface area contributed by atoms with Gasteiger partial charge in [-0.2, -0.15) is 12.6 Å². The number of Topliss-reactive ketones (excluding diaryl/α,β-unsaturated/α-hetero) is 1. The third kappa shape index (κ3) is 5.82. The van der Waals surface area contributed by atoms with Crippen LogP contribution >= 0.6 is 12.6 Å². The zero-order valence-electron chi connectivity index (χ0n) is 5.04. The molecule has 0 aliphatic heterocycles. The SMILES string of the molecule is O=C(CS)COCCO. The molecule has 0 fully saturated rings. The number of aliphatic hydroxyl groups is 1. The molecule has 0 bridgehead atoms. The fraction of sp³-hybridized carbons (Fsp3) is 0.800. The molecule has 0 aromatic carbocycles. The average Bonchev–Trinajstić information content (AvgIpc) is 1.89. The number of thiol groups is 1. The molecular formula is C5H10O3S. The van der Waals surface area contributed by atoms with Gasteiger partial charge in [0.2, 0.25) is 0 Å². The second-order valence-corrected chi connectivity index (χ2v) is 1.79. The molecule has 0 radical (unpaired) electrons. The van der Waals surface area contributed by atoms with Crippen molar-refractivity contribution in [2.24, 2.45) is 0 Å². The minimum atomic E-state index is -0.0632. The van der Waals surface area contributed by atoms with Crippen LogP contribution in [0, 0.1) is 0 Å². The van der Waals surface area contributed by atoms with Gasteiger partial charge in [0.25, 0.3) is 0 Å².